The van der Waals surface area contributed by atoms with Gasteiger partial charge in [-0.15, -0.1) is 0 Å². The van der Waals surface area contributed by atoms with Gasteiger partial charge < -0.3 is 20.3 Å². The van der Waals surface area contributed by atoms with Crippen LogP contribution in [0.25, 0.3) is 0 Å². The predicted octanol–water partition coefficient (Wildman–Crippen LogP) is 4.41. The van der Waals surface area contributed by atoms with Crippen LogP contribution in [0.15, 0.2) is 48.5 Å². The summed E-state index contributed by atoms with van der Waals surface area (Å²) in [5.74, 6) is 0.556. The van der Waals surface area contributed by atoms with E-state index in [0.717, 1.165) is 37.0 Å². The lowest BCUT2D eigenvalue weighted by Crippen LogP contribution is -2.59. The van der Waals surface area contributed by atoms with Crippen molar-refractivity contribution in [2.24, 2.45) is 11.3 Å². The number of amides is 3. The van der Waals surface area contributed by atoms with Crippen LogP contribution < -0.4 is 15.4 Å². The van der Waals surface area contributed by atoms with Crippen LogP contribution >= 0.6 is 0 Å². The van der Waals surface area contributed by atoms with Crippen LogP contribution in [0.3, 0.4) is 0 Å². The fourth-order valence-electron chi connectivity index (χ4n) is 5.24. The molecular formula is C26H32FN3O3. The first-order valence-electron chi connectivity index (χ1n) is 11.5. The molecule has 2 aliphatic rings. The SMILES string of the molecule is COc1ccc(CNC(=O)NC2CC3(C2)CC(C(=O)N(C)[C@H](C)c2ccccc2F)C3)cc1. The van der Waals surface area contributed by atoms with Gasteiger partial charge in [-0.25, -0.2) is 9.18 Å². The van der Waals surface area contributed by atoms with E-state index in [0.29, 0.717) is 12.1 Å². The Hall–Kier alpha value is -3.09. The predicted molar refractivity (Wildman–Crippen MR) is 124 cm³/mol. The summed E-state index contributed by atoms with van der Waals surface area (Å²) in [5, 5.41) is 5.92. The van der Waals surface area contributed by atoms with Gasteiger partial charge in [0.05, 0.1) is 13.2 Å². The Morgan fingerprint density at radius 1 is 1.12 bits per heavy atom. The normalized spacial score (nSPS) is 24.2. The number of nitrogens with zero attached hydrogens (tertiary/aromatic N) is 1. The number of benzene rings is 2. The summed E-state index contributed by atoms with van der Waals surface area (Å²) in [7, 11) is 3.37. The van der Waals surface area contributed by atoms with Gasteiger partial charge in [0.25, 0.3) is 0 Å². The molecule has 0 bridgehead atoms. The highest BCUT2D eigenvalue weighted by atomic mass is 19.1. The molecule has 1 spiro atoms. The van der Waals surface area contributed by atoms with Gasteiger partial charge in [-0.05, 0) is 61.8 Å². The van der Waals surface area contributed by atoms with Gasteiger partial charge in [0, 0.05) is 31.1 Å². The van der Waals surface area contributed by atoms with Gasteiger partial charge in [-0.3, -0.25) is 4.79 Å². The number of carbonyl (C=O) groups excluding carboxylic acids is 2. The van der Waals surface area contributed by atoms with Crippen molar-refractivity contribution in [3.05, 3.63) is 65.5 Å². The number of ether oxygens (including phenoxy) is 1. The van der Waals surface area contributed by atoms with Gasteiger partial charge in [-0.1, -0.05) is 30.3 Å². The Morgan fingerprint density at radius 3 is 2.42 bits per heavy atom. The maximum atomic E-state index is 14.1. The molecule has 2 N–H and O–H groups in total. The van der Waals surface area contributed by atoms with Crippen molar-refractivity contribution in [2.45, 2.75) is 51.2 Å². The van der Waals surface area contributed by atoms with E-state index < -0.39 is 0 Å². The van der Waals surface area contributed by atoms with Crippen molar-refractivity contribution in [1.82, 2.24) is 15.5 Å². The Kier molecular flexibility index (Phi) is 6.58. The van der Waals surface area contributed by atoms with E-state index in [4.69, 9.17) is 4.74 Å². The minimum atomic E-state index is -0.305. The third kappa shape index (κ3) is 4.97. The van der Waals surface area contributed by atoms with E-state index in [1.54, 1.807) is 37.3 Å². The lowest BCUT2D eigenvalue weighted by Gasteiger charge is -2.57. The van der Waals surface area contributed by atoms with E-state index in [1.165, 1.54) is 6.07 Å². The standard InChI is InChI=1S/C26H32FN3O3/c1-17(22-6-4-5-7-23(22)27)30(2)24(31)19-12-26(13-19)14-20(15-26)29-25(32)28-16-18-8-10-21(33-3)11-9-18/h4-11,17,19-20H,12-16H2,1-3H3,(H2,28,29,32)/t17-,19?,20?,26?/m1/s1. The summed E-state index contributed by atoms with van der Waals surface area (Å²) < 4.78 is 19.2. The fourth-order valence-corrected chi connectivity index (χ4v) is 5.24. The largest absolute Gasteiger partial charge is 0.497 e. The molecule has 0 saturated heterocycles. The molecule has 0 aromatic heterocycles. The number of hydrogen-bond acceptors (Lipinski definition) is 3. The first-order valence-corrected chi connectivity index (χ1v) is 11.5. The van der Waals surface area contributed by atoms with E-state index in [-0.39, 0.29) is 41.2 Å². The summed E-state index contributed by atoms with van der Waals surface area (Å²) in [6.07, 6.45) is 3.48. The summed E-state index contributed by atoms with van der Waals surface area (Å²) in [6.45, 7) is 2.31. The quantitative estimate of drug-likeness (QED) is 0.652. The van der Waals surface area contributed by atoms with Crippen molar-refractivity contribution in [3.63, 3.8) is 0 Å². The van der Waals surface area contributed by atoms with Gasteiger partial charge in [0.15, 0.2) is 0 Å². The molecule has 2 aromatic carbocycles. The molecular weight excluding hydrogens is 421 g/mol. The molecule has 1 atom stereocenters. The number of hydrogen-bond donors (Lipinski definition) is 2. The molecule has 0 unspecified atom stereocenters. The van der Waals surface area contributed by atoms with Crippen LogP contribution in [0.1, 0.15) is 49.8 Å². The van der Waals surface area contributed by atoms with E-state index in [2.05, 4.69) is 10.6 Å². The number of carbonyl (C=O) groups is 2. The lowest BCUT2D eigenvalue weighted by molar-refractivity contribution is -0.150. The zero-order valence-corrected chi connectivity index (χ0v) is 19.4. The van der Waals surface area contributed by atoms with E-state index in [9.17, 15) is 14.0 Å². The minimum Gasteiger partial charge on any atom is -0.497 e. The number of halogens is 1. The summed E-state index contributed by atoms with van der Waals surface area (Å²) in [6, 6.07) is 13.9. The number of methoxy groups -OCH3 is 1. The van der Waals surface area contributed by atoms with E-state index >= 15 is 0 Å². The fraction of sp³-hybridized carbons (Fsp3) is 0.462. The average Bonchev–Trinajstić information content (AvgIpc) is 2.77. The maximum Gasteiger partial charge on any atom is 0.315 e. The monoisotopic (exact) mass is 453 g/mol. The minimum absolute atomic E-state index is 0.0194. The molecule has 6 nitrogen and oxygen atoms in total. The Balaban J connectivity index is 1.18. The molecule has 33 heavy (non-hydrogen) atoms. The first kappa shape index (κ1) is 23.1. The molecule has 2 fully saturated rings. The van der Waals surface area contributed by atoms with Crippen molar-refractivity contribution < 1.29 is 18.7 Å². The van der Waals surface area contributed by atoms with Gasteiger partial charge >= 0.3 is 6.03 Å². The zero-order chi connectivity index (χ0) is 23.6. The van der Waals surface area contributed by atoms with Crippen LogP contribution in [0.2, 0.25) is 0 Å². The molecule has 2 aromatic rings. The topological polar surface area (TPSA) is 70.7 Å². The second-order valence-electron chi connectivity index (χ2n) is 9.53. The smallest absolute Gasteiger partial charge is 0.315 e. The highest BCUT2D eigenvalue weighted by Crippen LogP contribution is 2.59. The van der Waals surface area contributed by atoms with Crippen molar-refractivity contribution >= 4 is 11.9 Å². The first-order chi connectivity index (χ1) is 15.8. The highest BCUT2D eigenvalue weighted by Gasteiger charge is 2.55. The van der Waals surface area contributed by atoms with Crippen LogP contribution in [0.4, 0.5) is 9.18 Å². The summed E-state index contributed by atoms with van der Waals surface area (Å²) >= 11 is 0. The van der Waals surface area contributed by atoms with E-state index in [1.807, 2.05) is 31.2 Å². The summed E-state index contributed by atoms with van der Waals surface area (Å²) in [4.78, 5) is 26.8. The zero-order valence-electron chi connectivity index (χ0n) is 19.4. The van der Waals surface area contributed by atoms with Crippen LogP contribution in [0, 0.1) is 17.2 Å². The highest BCUT2D eigenvalue weighted by molar-refractivity contribution is 5.80. The molecule has 0 heterocycles. The molecule has 176 valence electrons. The molecule has 2 aliphatic carbocycles. The molecule has 2 saturated carbocycles. The Morgan fingerprint density at radius 2 is 1.79 bits per heavy atom. The van der Waals surface area contributed by atoms with Crippen molar-refractivity contribution in [3.8, 4) is 5.75 Å². The van der Waals surface area contributed by atoms with Crippen LogP contribution in [-0.2, 0) is 11.3 Å². The average molecular weight is 454 g/mol. The van der Waals surface area contributed by atoms with Gasteiger partial charge in [0.2, 0.25) is 5.91 Å². The molecule has 4 rings (SSSR count). The molecule has 3 amide bonds. The van der Waals surface area contributed by atoms with Gasteiger partial charge in [0.1, 0.15) is 11.6 Å². The number of urea groups is 1. The third-order valence-corrected chi connectivity index (χ3v) is 7.30. The maximum absolute atomic E-state index is 14.1. The van der Waals surface area contributed by atoms with Crippen molar-refractivity contribution in [2.75, 3.05) is 14.2 Å². The Bertz CT molecular complexity index is 996. The second kappa shape index (κ2) is 9.41. The van der Waals surface area contributed by atoms with Gasteiger partial charge in [-0.2, -0.15) is 0 Å². The number of nitrogens with one attached hydrogen (secondary N) is 2. The van der Waals surface area contributed by atoms with Crippen LogP contribution in [-0.4, -0.2) is 37.0 Å². The van der Waals surface area contributed by atoms with Crippen molar-refractivity contribution in [1.29, 1.82) is 0 Å². The lowest BCUT2D eigenvalue weighted by atomic mass is 9.50. The van der Waals surface area contributed by atoms with Crippen LogP contribution in [0.5, 0.6) is 5.75 Å². The Labute approximate surface area is 194 Å². The molecule has 7 heteroatoms. The molecule has 0 aliphatic heterocycles. The summed E-state index contributed by atoms with van der Waals surface area (Å²) in [5.41, 5.74) is 1.71. The second-order valence-corrected chi connectivity index (χ2v) is 9.53. The number of rotatable bonds is 7. The molecule has 0 radical (unpaired) electrons. The third-order valence-electron chi connectivity index (χ3n) is 7.30.